The van der Waals surface area contributed by atoms with Crippen LogP contribution < -0.4 is 15.2 Å². The molecule has 0 aromatic heterocycles. The van der Waals surface area contributed by atoms with E-state index in [0.29, 0.717) is 34.6 Å². The molecule has 2 N–H and O–H groups in total. The molecule has 0 aliphatic heterocycles. The minimum atomic E-state index is 0.604. The summed E-state index contributed by atoms with van der Waals surface area (Å²) < 4.78 is 11.3. The van der Waals surface area contributed by atoms with Crippen LogP contribution >= 0.6 is 11.6 Å². The fourth-order valence-corrected chi connectivity index (χ4v) is 1.76. The predicted molar refractivity (Wildman–Crippen MR) is 78.2 cm³/mol. The third-order valence-corrected chi connectivity index (χ3v) is 2.71. The Bertz CT molecular complexity index is 558. The summed E-state index contributed by atoms with van der Waals surface area (Å²) in [6.45, 7) is 2.67. The highest BCUT2D eigenvalue weighted by molar-refractivity contribution is 6.30. The van der Waals surface area contributed by atoms with Gasteiger partial charge in [0.25, 0.3) is 0 Å². The lowest BCUT2D eigenvalue weighted by Crippen LogP contribution is -1.99. The molecule has 2 aromatic carbocycles. The minimum Gasteiger partial charge on any atom is -0.491 e. The Balaban J connectivity index is 2.16. The fourth-order valence-electron chi connectivity index (χ4n) is 1.58. The summed E-state index contributed by atoms with van der Waals surface area (Å²) in [5.74, 6) is 1.99. The second-order valence-corrected chi connectivity index (χ2v) is 4.54. The molecule has 2 aromatic rings. The lowest BCUT2D eigenvalue weighted by atomic mass is 10.2. The zero-order chi connectivity index (χ0) is 13.7. The molecule has 19 heavy (non-hydrogen) atoms. The molecule has 0 saturated carbocycles. The van der Waals surface area contributed by atoms with Crippen molar-refractivity contribution in [2.75, 3.05) is 12.3 Å². The van der Waals surface area contributed by atoms with Gasteiger partial charge in [-0.05, 0) is 36.8 Å². The average molecular weight is 278 g/mol. The van der Waals surface area contributed by atoms with Crippen molar-refractivity contribution in [1.82, 2.24) is 0 Å². The molecule has 0 aliphatic carbocycles. The van der Waals surface area contributed by atoms with Crippen molar-refractivity contribution in [2.24, 2.45) is 0 Å². The van der Waals surface area contributed by atoms with E-state index in [1.54, 1.807) is 30.3 Å². The van der Waals surface area contributed by atoms with Crippen LogP contribution in [0.2, 0.25) is 5.02 Å². The SMILES string of the molecule is CCCOc1cc(Oc2cccc(Cl)c2)ccc1N. The molecule has 0 heterocycles. The third kappa shape index (κ3) is 3.80. The molecule has 100 valence electrons. The highest BCUT2D eigenvalue weighted by atomic mass is 35.5. The summed E-state index contributed by atoms with van der Waals surface area (Å²) in [5, 5.41) is 0.635. The van der Waals surface area contributed by atoms with Gasteiger partial charge in [0, 0.05) is 11.1 Å². The normalized spacial score (nSPS) is 10.2. The van der Waals surface area contributed by atoms with Crippen LogP contribution in [0.4, 0.5) is 5.69 Å². The molecule has 4 heteroatoms. The number of hydrogen-bond acceptors (Lipinski definition) is 3. The van der Waals surface area contributed by atoms with Crippen LogP contribution in [0.5, 0.6) is 17.2 Å². The maximum absolute atomic E-state index is 5.91. The van der Waals surface area contributed by atoms with Gasteiger partial charge < -0.3 is 15.2 Å². The van der Waals surface area contributed by atoms with E-state index in [9.17, 15) is 0 Å². The van der Waals surface area contributed by atoms with Gasteiger partial charge >= 0.3 is 0 Å². The maximum atomic E-state index is 5.91. The molecule has 0 fully saturated rings. The van der Waals surface area contributed by atoms with Gasteiger partial charge in [-0.1, -0.05) is 24.6 Å². The van der Waals surface area contributed by atoms with Crippen LogP contribution in [-0.2, 0) is 0 Å². The lowest BCUT2D eigenvalue weighted by molar-refractivity contribution is 0.317. The smallest absolute Gasteiger partial charge is 0.145 e. The Hall–Kier alpha value is -1.87. The largest absolute Gasteiger partial charge is 0.491 e. The highest BCUT2D eigenvalue weighted by Crippen LogP contribution is 2.30. The van der Waals surface area contributed by atoms with Crippen LogP contribution in [0, 0.1) is 0 Å². The first kappa shape index (κ1) is 13.6. The third-order valence-electron chi connectivity index (χ3n) is 2.48. The highest BCUT2D eigenvalue weighted by Gasteiger charge is 2.04. The zero-order valence-corrected chi connectivity index (χ0v) is 11.5. The predicted octanol–water partition coefficient (Wildman–Crippen LogP) is 4.50. The molecule has 0 unspecified atom stereocenters. The Labute approximate surface area is 117 Å². The standard InChI is InChI=1S/C15H16ClNO2/c1-2-8-18-15-10-13(6-7-14(15)17)19-12-5-3-4-11(16)9-12/h3-7,9-10H,2,8,17H2,1H3. The van der Waals surface area contributed by atoms with Crippen LogP contribution in [0.3, 0.4) is 0 Å². The van der Waals surface area contributed by atoms with Crippen molar-refractivity contribution in [3.05, 3.63) is 47.5 Å². The molecule has 0 bridgehead atoms. The summed E-state index contributed by atoms with van der Waals surface area (Å²) in [6, 6.07) is 12.6. The first-order chi connectivity index (χ1) is 9.19. The number of ether oxygens (including phenoxy) is 2. The van der Waals surface area contributed by atoms with Gasteiger partial charge in [-0.25, -0.2) is 0 Å². The van der Waals surface area contributed by atoms with Crippen LogP contribution in [0.15, 0.2) is 42.5 Å². The number of nitrogens with two attached hydrogens (primary N) is 1. The van der Waals surface area contributed by atoms with E-state index in [1.807, 2.05) is 19.1 Å². The zero-order valence-electron chi connectivity index (χ0n) is 10.7. The van der Waals surface area contributed by atoms with Crippen molar-refractivity contribution >= 4 is 17.3 Å². The van der Waals surface area contributed by atoms with E-state index < -0.39 is 0 Å². The van der Waals surface area contributed by atoms with E-state index in [0.717, 1.165) is 6.42 Å². The van der Waals surface area contributed by atoms with Gasteiger partial charge in [0.2, 0.25) is 0 Å². The van der Waals surface area contributed by atoms with Gasteiger partial charge in [0.05, 0.1) is 12.3 Å². The number of hydrogen-bond donors (Lipinski definition) is 1. The van der Waals surface area contributed by atoms with Crippen molar-refractivity contribution in [3.8, 4) is 17.2 Å². The summed E-state index contributed by atoms with van der Waals surface area (Å²) >= 11 is 5.91. The molecule has 0 radical (unpaired) electrons. The topological polar surface area (TPSA) is 44.5 Å². The van der Waals surface area contributed by atoms with Crippen molar-refractivity contribution < 1.29 is 9.47 Å². The van der Waals surface area contributed by atoms with Crippen molar-refractivity contribution in [3.63, 3.8) is 0 Å². The summed E-state index contributed by atoms with van der Waals surface area (Å²) in [6.07, 6.45) is 0.929. The molecule has 3 nitrogen and oxygen atoms in total. The summed E-state index contributed by atoms with van der Waals surface area (Å²) in [4.78, 5) is 0. The van der Waals surface area contributed by atoms with E-state index in [1.165, 1.54) is 0 Å². The van der Waals surface area contributed by atoms with E-state index >= 15 is 0 Å². The van der Waals surface area contributed by atoms with Gasteiger partial charge in [0.1, 0.15) is 17.2 Å². The van der Waals surface area contributed by atoms with E-state index in [4.69, 9.17) is 26.8 Å². The van der Waals surface area contributed by atoms with Gasteiger partial charge in [-0.3, -0.25) is 0 Å². The first-order valence-corrected chi connectivity index (χ1v) is 6.52. The van der Waals surface area contributed by atoms with Crippen molar-refractivity contribution in [2.45, 2.75) is 13.3 Å². The van der Waals surface area contributed by atoms with Crippen LogP contribution in [0.1, 0.15) is 13.3 Å². The van der Waals surface area contributed by atoms with Crippen LogP contribution in [-0.4, -0.2) is 6.61 Å². The van der Waals surface area contributed by atoms with Gasteiger partial charge in [-0.2, -0.15) is 0 Å². The number of rotatable bonds is 5. The Morgan fingerprint density at radius 2 is 1.89 bits per heavy atom. The second kappa shape index (κ2) is 6.34. The van der Waals surface area contributed by atoms with Gasteiger partial charge in [-0.15, -0.1) is 0 Å². The van der Waals surface area contributed by atoms with E-state index in [-0.39, 0.29) is 0 Å². The molecule has 0 amide bonds. The number of anilines is 1. The number of benzene rings is 2. The molecule has 0 aliphatic rings. The minimum absolute atomic E-state index is 0.604. The summed E-state index contributed by atoms with van der Waals surface area (Å²) in [7, 11) is 0. The fraction of sp³-hybridized carbons (Fsp3) is 0.200. The maximum Gasteiger partial charge on any atom is 0.145 e. The van der Waals surface area contributed by atoms with Crippen LogP contribution in [0.25, 0.3) is 0 Å². The van der Waals surface area contributed by atoms with Gasteiger partial charge in [0.15, 0.2) is 0 Å². The number of nitrogen functional groups attached to an aromatic ring is 1. The molecule has 0 saturated heterocycles. The Kier molecular flexibility index (Phi) is 4.53. The molecule has 0 spiro atoms. The molecule has 0 atom stereocenters. The Morgan fingerprint density at radius 3 is 2.63 bits per heavy atom. The monoisotopic (exact) mass is 277 g/mol. The molecular formula is C15H16ClNO2. The average Bonchev–Trinajstić information content (AvgIpc) is 2.39. The molecular weight excluding hydrogens is 262 g/mol. The number of halogens is 1. The van der Waals surface area contributed by atoms with Crippen molar-refractivity contribution in [1.29, 1.82) is 0 Å². The second-order valence-electron chi connectivity index (χ2n) is 4.11. The van der Waals surface area contributed by atoms with E-state index in [2.05, 4.69) is 0 Å². The quantitative estimate of drug-likeness (QED) is 0.818. The first-order valence-electron chi connectivity index (χ1n) is 6.15. The molecule has 2 rings (SSSR count). The summed E-state index contributed by atoms with van der Waals surface area (Å²) in [5.41, 5.74) is 6.45. The lowest BCUT2D eigenvalue weighted by Gasteiger charge is -2.11. The Morgan fingerprint density at radius 1 is 1.11 bits per heavy atom.